The number of carbonyl (C=O) groups excluding carboxylic acids is 1. The van der Waals surface area contributed by atoms with Crippen molar-refractivity contribution in [1.29, 1.82) is 0 Å². The summed E-state index contributed by atoms with van der Waals surface area (Å²) in [5.41, 5.74) is 3.53. The molecule has 0 saturated carbocycles. The van der Waals surface area contributed by atoms with Gasteiger partial charge in [-0.3, -0.25) is 4.79 Å². The summed E-state index contributed by atoms with van der Waals surface area (Å²) < 4.78 is 0. The van der Waals surface area contributed by atoms with Gasteiger partial charge < -0.3 is 15.5 Å². The molecule has 0 radical (unpaired) electrons. The van der Waals surface area contributed by atoms with Crippen molar-refractivity contribution in [2.45, 2.75) is 32.7 Å². The minimum absolute atomic E-state index is 0.202. The van der Waals surface area contributed by atoms with Crippen LogP contribution in [0.25, 0.3) is 0 Å². The lowest BCUT2D eigenvalue weighted by Gasteiger charge is -2.17. The molecule has 3 rings (SSSR count). The Morgan fingerprint density at radius 1 is 1.07 bits per heavy atom. The summed E-state index contributed by atoms with van der Waals surface area (Å²) in [6.07, 6.45) is 2.28. The number of rotatable bonds is 7. The van der Waals surface area contributed by atoms with Crippen molar-refractivity contribution < 1.29 is 4.79 Å². The number of anilines is 1. The molecule has 0 unspecified atom stereocenters. The molecule has 2 aromatic rings. The molecule has 1 aliphatic rings. The predicted octanol–water partition coefficient (Wildman–Crippen LogP) is 3.11. The van der Waals surface area contributed by atoms with E-state index < -0.39 is 0 Å². The maximum absolute atomic E-state index is 12.5. The fourth-order valence-corrected chi connectivity index (χ4v) is 3.27. The number of benzene rings is 2. The first kappa shape index (κ1) is 19.0. The predicted molar refractivity (Wildman–Crippen MR) is 111 cm³/mol. The number of carbonyl (C=O) groups is 1. The average Bonchev–Trinajstić information content (AvgIpc) is 3.14. The molecule has 1 heterocycles. The second-order valence-corrected chi connectivity index (χ2v) is 6.64. The lowest BCUT2D eigenvalue weighted by atomic mass is 10.2. The van der Waals surface area contributed by atoms with Gasteiger partial charge in [-0.05, 0) is 37.0 Å². The molecule has 0 bridgehead atoms. The zero-order valence-electron chi connectivity index (χ0n) is 15.9. The third-order valence-corrected chi connectivity index (χ3v) is 4.65. The average molecular weight is 364 g/mol. The van der Waals surface area contributed by atoms with E-state index in [0.717, 1.165) is 44.1 Å². The molecule has 0 aliphatic carbocycles. The summed E-state index contributed by atoms with van der Waals surface area (Å²) in [7, 11) is 0. The second kappa shape index (κ2) is 9.76. The van der Waals surface area contributed by atoms with Gasteiger partial charge in [0, 0.05) is 31.7 Å². The largest absolute Gasteiger partial charge is 0.357 e. The Labute approximate surface area is 161 Å². The molecule has 0 aromatic heterocycles. The molecular weight excluding hydrogens is 336 g/mol. The molecule has 0 spiro atoms. The molecule has 5 heteroatoms. The molecule has 0 saturated heterocycles. The van der Waals surface area contributed by atoms with Crippen LogP contribution in [0.3, 0.4) is 0 Å². The molecule has 0 fully saturated rings. The number of hydrogen-bond acceptors (Lipinski definition) is 2. The fraction of sp³-hybridized carbons (Fsp3) is 0.364. The van der Waals surface area contributed by atoms with Crippen LogP contribution in [-0.4, -0.2) is 31.5 Å². The number of guanidine groups is 1. The number of nitrogens with one attached hydrogen (secondary N) is 2. The summed E-state index contributed by atoms with van der Waals surface area (Å²) >= 11 is 0. The van der Waals surface area contributed by atoms with Crippen LogP contribution in [0.5, 0.6) is 0 Å². The summed E-state index contributed by atoms with van der Waals surface area (Å²) in [5.74, 6) is 0.994. The Morgan fingerprint density at radius 3 is 2.67 bits per heavy atom. The van der Waals surface area contributed by atoms with Crippen LogP contribution < -0.4 is 15.5 Å². The maximum atomic E-state index is 12.5. The number of amides is 1. The van der Waals surface area contributed by atoms with Gasteiger partial charge in [-0.25, -0.2) is 4.99 Å². The summed E-state index contributed by atoms with van der Waals surface area (Å²) in [6, 6.07) is 18.4. The van der Waals surface area contributed by atoms with Gasteiger partial charge in [0.25, 0.3) is 0 Å². The standard InChI is InChI=1S/C22H28N4O/c1-2-23-22(25-17-18-9-4-3-5-10-18)24-15-8-13-21(27)26-16-14-19-11-6-7-12-20(19)26/h3-7,9-12H,2,8,13-17H2,1H3,(H2,23,24,25). The van der Waals surface area contributed by atoms with Crippen molar-refractivity contribution in [2.24, 2.45) is 4.99 Å². The van der Waals surface area contributed by atoms with E-state index in [4.69, 9.17) is 0 Å². The van der Waals surface area contributed by atoms with Crippen molar-refractivity contribution in [3.63, 3.8) is 0 Å². The Hall–Kier alpha value is -2.82. The fourth-order valence-electron chi connectivity index (χ4n) is 3.27. The molecule has 0 atom stereocenters. The molecule has 1 aliphatic heterocycles. The van der Waals surface area contributed by atoms with Gasteiger partial charge >= 0.3 is 0 Å². The van der Waals surface area contributed by atoms with E-state index in [2.05, 4.69) is 33.8 Å². The van der Waals surface area contributed by atoms with E-state index >= 15 is 0 Å². The van der Waals surface area contributed by atoms with E-state index in [1.165, 1.54) is 11.1 Å². The van der Waals surface area contributed by atoms with Crippen LogP contribution in [0.15, 0.2) is 59.6 Å². The number of hydrogen-bond donors (Lipinski definition) is 2. The molecule has 5 nitrogen and oxygen atoms in total. The first-order chi connectivity index (χ1) is 13.3. The van der Waals surface area contributed by atoms with Crippen LogP contribution in [-0.2, 0) is 17.8 Å². The van der Waals surface area contributed by atoms with Gasteiger partial charge in [-0.1, -0.05) is 48.5 Å². The normalized spacial score (nSPS) is 13.4. The Morgan fingerprint density at radius 2 is 1.85 bits per heavy atom. The van der Waals surface area contributed by atoms with Crippen molar-refractivity contribution in [3.05, 3.63) is 65.7 Å². The molecular formula is C22H28N4O. The van der Waals surface area contributed by atoms with Crippen molar-refractivity contribution >= 4 is 17.6 Å². The maximum Gasteiger partial charge on any atom is 0.227 e. The van der Waals surface area contributed by atoms with Crippen molar-refractivity contribution in [1.82, 2.24) is 10.6 Å². The minimum Gasteiger partial charge on any atom is -0.357 e. The van der Waals surface area contributed by atoms with Gasteiger partial charge in [0.05, 0.1) is 6.54 Å². The van der Waals surface area contributed by atoms with Gasteiger partial charge in [0.2, 0.25) is 5.91 Å². The van der Waals surface area contributed by atoms with E-state index in [1.807, 2.05) is 48.2 Å². The van der Waals surface area contributed by atoms with Gasteiger partial charge in [-0.15, -0.1) is 0 Å². The Balaban J connectivity index is 1.44. The highest BCUT2D eigenvalue weighted by atomic mass is 16.2. The summed E-state index contributed by atoms with van der Waals surface area (Å²) in [6.45, 7) is 5.02. The monoisotopic (exact) mass is 364 g/mol. The van der Waals surface area contributed by atoms with Crippen molar-refractivity contribution in [3.8, 4) is 0 Å². The smallest absolute Gasteiger partial charge is 0.227 e. The molecule has 2 aromatic carbocycles. The third-order valence-electron chi connectivity index (χ3n) is 4.65. The lowest BCUT2D eigenvalue weighted by Crippen LogP contribution is -2.38. The van der Waals surface area contributed by atoms with E-state index in [0.29, 0.717) is 13.0 Å². The van der Waals surface area contributed by atoms with Gasteiger partial charge in [0.1, 0.15) is 0 Å². The van der Waals surface area contributed by atoms with Gasteiger partial charge in [0.15, 0.2) is 5.96 Å². The van der Waals surface area contributed by atoms with Crippen LogP contribution >= 0.6 is 0 Å². The topological polar surface area (TPSA) is 56.7 Å². The quantitative estimate of drug-likeness (QED) is 0.451. The number of nitrogens with zero attached hydrogens (tertiary/aromatic N) is 2. The first-order valence-electron chi connectivity index (χ1n) is 9.72. The zero-order valence-corrected chi connectivity index (χ0v) is 15.9. The third kappa shape index (κ3) is 5.33. The number of para-hydroxylation sites is 1. The van der Waals surface area contributed by atoms with E-state index in [9.17, 15) is 4.79 Å². The minimum atomic E-state index is 0.202. The lowest BCUT2D eigenvalue weighted by molar-refractivity contribution is -0.118. The number of aliphatic imine (C=N–C) groups is 1. The van der Waals surface area contributed by atoms with E-state index in [-0.39, 0.29) is 5.91 Å². The highest BCUT2D eigenvalue weighted by Crippen LogP contribution is 2.27. The highest BCUT2D eigenvalue weighted by Gasteiger charge is 2.23. The second-order valence-electron chi connectivity index (χ2n) is 6.64. The SMILES string of the molecule is CCNC(=NCc1ccccc1)NCCCC(=O)N1CCc2ccccc21. The molecule has 142 valence electrons. The Kier molecular flexibility index (Phi) is 6.85. The van der Waals surface area contributed by atoms with E-state index in [1.54, 1.807) is 0 Å². The van der Waals surface area contributed by atoms with Crippen molar-refractivity contribution in [2.75, 3.05) is 24.5 Å². The zero-order chi connectivity index (χ0) is 18.9. The highest BCUT2D eigenvalue weighted by molar-refractivity contribution is 5.95. The summed E-state index contributed by atoms with van der Waals surface area (Å²) in [5, 5.41) is 6.58. The van der Waals surface area contributed by atoms with Crippen LogP contribution in [0.1, 0.15) is 30.9 Å². The summed E-state index contributed by atoms with van der Waals surface area (Å²) in [4.78, 5) is 19.1. The Bertz CT molecular complexity index is 773. The molecule has 2 N–H and O–H groups in total. The first-order valence-corrected chi connectivity index (χ1v) is 9.72. The molecule has 1 amide bonds. The van der Waals surface area contributed by atoms with Gasteiger partial charge in [-0.2, -0.15) is 0 Å². The van der Waals surface area contributed by atoms with Crippen LogP contribution in [0, 0.1) is 0 Å². The van der Waals surface area contributed by atoms with Crippen LogP contribution in [0.4, 0.5) is 5.69 Å². The molecule has 27 heavy (non-hydrogen) atoms. The van der Waals surface area contributed by atoms with Crippen LogP contribution in [0.2, 0.25) is 0 Å². The number of fused-ring (bicyclic) bond motifs is 1.